The number of rotatable bonds is 2. The molecule has 5 heteroatoms. The van der Waals surface area contributed by atoms with Gasteiger partial charge in [-0.05, 0) is 18.9 Å². The molecule has 0 spiro atoms. The van der Waals surface area contributed by atoms with Gasteiger partial charge in [0.15, 0.2) is 11.6 Å². The van der Waals surface area contributed by atoms with Gasteiger partial charge in [0.05, 0.1) is 11.6 Å². The van der Waals surface area contributed by atoms with Gasteiger partial charge >= 0.3 is 0 Å². The van der Waals surface area contributed by atoms with Crippen LogP contribution in [-0.2, 0) is 0 Å². The van der Waals surface area contributed by atoms with E-state index in [1.54, 1.807) is 4.90 Å². The molecule has 1 atom stereocenters. The molecule has 1 fully saturated rings. The second-order valence-electron chi connectivity index (χ2n) is 3.78. The zero-order valence-corrected chi connectivity index (χ0v) is 8.66. The zero-order chi connectivity index (χ0) is 11.5. The Morgan fingerprint density at radius 1 is 1.62 bits per heavy atom. The van der Waals surface area contributed by atoms with Crippen molar-refractivity contribution in [3.63, 3.8) is 0 Å². The number of hydrogen-bond acceptors (Lipinski definition) is 3. The van der Waals surface area contributed by atoms with Gasteiger partial charge in [-0.3, -0.25) is 0 Å². The lowest BCUT2D eigenvalue weighted by molar-refractivity contribution is 0.424. The van der Waals surface area contributed by atoms with Crippen molar-refractivity contribution in [3.8, 4) is 6.07 Å². The van der Waals surface area contributed by atoms with E-state index in [-0.39, 0.29) is 17.4 Å². The first-order valence-electron chi connectivity index (χ1n) is 5.14. The number of nitrogens with zero attached hydrogens (tertiary/aromatic N) is 3. The Labute approximate surface area is 92.3 Å². The van der Waals surface area contributed by atoms with E-state index in [0.29, 0.717) is 6.54 Å². The van der Waals surface area contributed by atoms with E-state index in [0.717, 1.165) is 18.9 Å². The third-order valence-electron chi connectivity index (χ3n) is 2.78. The minimum absolute atomic E-state index is 0.152. The Morgan fingerprint density at radius 2 is 2.44 bits per heavy atom. The second kappa shape index (κ2) is 4.44. The van der Waals surface area contributed by atoms with E-state index < -0.39 is 12.5 Å². The first kappa shape index (κ1) is 10.8. The molecular formula is C11H11F2N3. The average Bonchev–Trinajstić information content (AvgIpc) is 2.76. The monoisotopic (exact) mass is 223 g/mol. The van der Waals surface area contributed by atoms with E-state index in [1.165, 1.54) is 6.20 Å². The highest BCUT2D eigenvalue weighted by molar-refractivity contribution is 5.45. The van der Waals surface area contributed by atoms with Crippen molar-refractivity contribution in [3.05, 3.63) is 23.6 Å². The van der Waals surface area contributed by atoms with Crippen LogP contribution >= 0.6 is 0 Å². The SMILES string of the molecule is N#Cc1cnc(N2CCCC2CF)c(F)c1. The Balaban J connectivity index is 2.30. The van der Waals surface area contributed by atoms with Gasteiger partial charge in [0.2, 0.25) is 0 Å². The molecule has 0 saturated carbocycles. The molecule has 1 unspecified atom stereocenters. The molecule has 1 saturated heterocycles. The van der Waals surface area contributed by atoms with Gasteiger partial charge in [-0.2, -0.15) is 5.26 Å². The minimum atomic E-state index is -0.556. The number of halogens is 2. The maximum absolute atomic E-state index is 13.6. The van der Waals surface area contributed by atoms with Crippen molar-refractivity contribution < 1.29 is 8.78 Å². The van der Waals surface area contributed by atoms with Crippen LogP contribution in [0.15, 0.2) is 12.3 Å². The number of pyridine rings is 1. The molecule has 0 radical (unpaired) electrons. The van der Waals surface area contributed by atoms with Crippen LogP contribution in [-0.4, -0.2) is 24.2 Å². The fraction of sp³-hybridized carbons (Fsp3) is 0.455. The highest BCUT2D eigenvalue weighted by atomic mass is 19.1. The van der Waals surface area contributed by atoms with Crippen LogP contribution in [0.1, 0.15) is 18.4 Å². The molecule has 0 aromatic carbocycles. The van der Waals surface area contributed by atoms with Gasteiger partial charge in [-0.15, -0.1) is 0 Å². The number of anilines is 1. The number of aromatic nitrogens is 1. The Hall–Kier alpha value is -1.70. The van der Waals surface area contributed by atoms with Crippen LogP contribution in [0.4, 0.5) is 14.6 Å². The summed E-state index contributed by atoms with van der Waals surface area (Å²) in [5.74, 6) is -0.404. The summed E-state index contributed by atoms with van der Waals surface area (Å²) >= 11 is 0. The summed E-state index contributed by atoms with van der Waals surface area (Å²) in [6.07, 6.45) is 2.87. The maximum Gasteiger partial charge on any atom is 0.166 e. The summed E-state index contributed by atoms with van der Waals surface area (Å²) in [4.78, 5) is 5.53. The van der Waals surface area contributed by atoms with Gasteiger partial charge in [0, 0.05) is 12.7 Å². The number of alkyl halides is 1. The molecule has 0 N–H and O–H groups in total. The van der Waals surface area contributed by atoms with Gasteiger partial charge in [0.25, 0.3) is 0 Å². The smallest absolute Gasteiger partial charge is 0.166 e. The minimum Gasteiger partial charge on any atom is -0.349 e. The van der Waals surface area contributed by atoms with Crippen molar-refractivity contribution in [1.82, 2.24) is 4.98 Å². The summed E-state index contributed by atoms with van der Waals surface area (Å²) in [6, 6.07) is 2.67. The van der Waals surface area contributed by atoms with Crippen molar-refractivity contribution >= 4 is 5.82 Å². The Bertz CT molecular complexity index is 428. The molecule has 2 heterocycles. The lowest BCUT2D eigenvalue weighted by atomic mass is 10.2. The summed E-state index contributed by atoms with van der Waals surface area (Å²) in [7, 11) is 0. The molecule has 0 aliphatic carbocycles. The molecule has 0 bridgehead atoms. The molecule has 1 aliphatic rings. The quantitative estimate of drug-likeness (QED) is 0.770. The van der Waals surface area contributed by atoms with E-state index in [1.807, 2.05) is 6.07 Å². The molecule has 1 aromatic heterocycles. The Morgan fingerprint density at radius 3 is 3.06 bits per heavy atom. The first-order valence-corrected chi connectivity index (χ1v) is 5.14. The van der Waals surface area contributed by atoms with Gasteiger partial charge in [-0.25, -0.2) is 13.8 Å². The molecular weight excluding hydrogens is 212 g/mol. The zero-order valence-electron chi connectivity index (χ0n) is 8.66. The molecule has 1 aromatic rings. The van der Waals surface area contributed by atoms with Crippen LogP contribution in [0.25, 0.3) is 0 Å². The van der Waals surface area contributed by atoms with Crippen molar-refractivity contribution in [1.29, 1.82) is 5.26 Å². The molecule has 84 valence electrons. The van der Waals surface area contributed by atoms with E-state index in [4.69, 9.17) is 5.26 Å². The van der Waals surface area contributed by atoms with Crippen molar-refractivity contribution in [2.24, 2.45) is 0 Å². The van der Waals surface area contributed by atoms with Gasteiger partial charge in [0.1, 0.15) is 12.7 Å². The van der Waals surface area contributed by atoms with Crippen LogP contribution < -0.4 is 4.90 Å². The van der Waals surface area contributed by atoms with Gasteiger partial charge < -0.3 is 4.90 Å². The van der Waals surface area contributed by atoms with E-state index in [9.17, 15) is 8.78 Å². The van der Waals surface area contributed by atoms with Crippen LogP contribution in [0, 0.1) is 17.1 Å². The van der Waals surface area contributed by atoms with Crippen LogP contribution in [0.3, 0.4) is 0 Å². The summed E-state index contributed by atoms with van der Waals surface area (Å²) < 4.78 is 26.3. The highest BCUT2D eigenvalue weighted by Crippen LogP contribution is 2.26. The lowest BCUT2D eigenvalue weighted by Crippen LogP contribution is -2.32. The summed E-state index contributed by atoms with van der Waals surface area (Å²) in [5.41, 5.74) is 0.178. The maximum atomic E-state index is 13.6. The normalized spacial score (nSPS) is 19.8. The molecule has 3 nitrogen and oxygen atoms in total. The fourth-order valence-corrected chi connectivity index (χ4v) is 1.98. The standard InChI is InChI=1S/C11H11F2N3/c12-5-9-2-1-3-16(9)11-10(13)4-8(6-14)7-15-11/h4,7,9H,1-3,5H2. The third kappa shape index (κ3) is 1.83. The first-order chi connectivity index (χ1) is 7.76. The largest absolute Gasteiger partial charge is 0.349 e. The van der Waals surface area contributed by atoms with E-state index >= 15 is 0 Å². The molecule has 1 aliphatic heterocycles. The summed E-state index contributed by atoms with van der Waals surface area (Å²) in [6.45, 7) is 0.117. The number of hydrogen-bond donors (Lipinski definition) is 0. The topological polar surface area (TPSA) is 39.9 Å². The number of nitriles is 1. The summed E-state index contributed by atoms with van der Waals surface area (Å²) in [5, 5.41) is 8.59. The van der Waals surface area contributed by atoms with Crippen molar-refractivity contribution in [2.75, 3.05) is 18.1 Å². The molecule has 2 rings (SSSR count). The van der Waals surface area contributed by atoms with Crippen molar-refractivity contribution in [2.45, 2.75) is 18.9 Å². The molecule has 16 heavy (non-hydrogen) atoms. The van der Waals surface area contributed by atoms with Crippen LogP contribution in [0.2, 0.25) is 0 Å². The average molecular weight is 223 g/mol. The highest BCUT2D eigenvalue weighted by Gasteiger charge is 2.27. The second-order valence-corrected chi connectivity index (χ2v) is 3.78. The predicted octanol–water partition coefficient (Wildman–Crippen LogP) is 2.03. The van der Waals surface area contributed by atoms with Gasteiger partial charge in [-0.1, -0.05) is 0 Å². The lowest BCUT2D eigenvalue weighted by Gasteiger charge is -2.23. The third-order valence-corrected chi connectivity index (χ3v) is 2.78. The predicted molar refractivity (Wildman–Crippen MR) is 55.3 cm³/mol. The fourth-order valence-electron chi connectivity index (χ4n) is 1.98. The molecule has 0 amide bonds. The Kier molecular flexibility index (Phi) is 3.00. The van der Waals surface area contributed by atoms with Crippen LogP contribution in [0.5, 0.6) is 0 Å². The van der Waals surface area contributed by atoms with E-state index in [2.05, 4.69) is 4.98 Å².